The van der Waals surface area contributed by atoms with Crippen molar-refractivity contribution in [2.75, 3.05) is 0 Å². The highest BCUT2D eigenvalue weighted by Gasteiger charge is 1.94. The second kappa shape index (κ2) is 5.50. The predicted molar refractivity (Wildman–Crippen MR) is 63.5 cm³/mol. The monoisotopic (exact) mass is 227 g/mol. The van der Waals surface area contributed by atoms with Gasteiger partial charge in [-0.25, -0.2) is 0 Å². The van der Waals surface area contributed by atoms with E-state index in [-0.39, 0.29) is 0 Å². The van der Waals surface area contributed by atoms with Crippen molar-refractivity contribution in [3.8, 4) is 5.75 Å². The van der Waals surface area contributed by atoms with Crippen molar-refractivity contribution in [2.24, 2.45) is 15.6 Å². The van der Waals surface area contributed by atoms with Crippen molar-refractivity contribution in [3.63, 3.8) is 0 Å². The summed E-state index contributed by atoms with van der Waals surface area (Å²) in [6, 6.07) is 16.0. The average Bonchev–Trinajstić information content (AvgIpc) is 2.40. The largest absolute Gasteiger partial charge is 0.324 e. The van der Waals surface area contributed by atoms with Gasteiger partial charge in [0.05, 0.1) is 11.4 Å². The molecule has 2 aromatic rings. The Morgan fingerprint density at radius 2 is 1.35 bits per heavy atom. The van der Waals surface area contributed by atoms with E-state index in [1.165, 1.54) is 0 Å². The number of rotatable bonds is 4. The van der Waals surface area contributed by atoms with E-state index in [9.17, 15) is 4.91 Å². The summed E-state index contributed by atoms with van der Waals surface area (Å²) in [6.07, 6.45) is 0. The van der Waals surface area contributed by atoms with Gasteiger partial charge in [0.25, 0.3) is 0 Å². The molecule has 0 aliphatic carbocycles. The molecule has 0 saturated carbocycles. The van der Waals surface area contributed by atoms with Crippen LogP contribution < -0.4 is 4.84 Å². The third-order valence-electron chi connectivity index (χ3n) is 2.02. The average molecular weight is 227 g/mol. The third-order valence-corrected chi connectivity index (χ3v) is 2.02. The molecule has 0 aliphatic heterocycles. The summed E-state index contributed by atoms with van der Waals surface area (Å²) in [6.45, 7) is 0. The first kappa shape index (κ1) is 10.9. The van der Waals surface area contributed by atoms with Crippen LogP contribution in [-0.4, -0.2) is 0 Å². The standard InChI is InChI=1S/C12H9N3O2/c16-15-17-12-8-6-11(7-9-12)14-13-10-4-2-1-3-5-10/h1-9H/b14-13+. The van der Waals surface area contributed by atoms with Crippen molar-refractivity contribution in [1.29, 1.82) is 0 Å². The minimum atomic E-state index is 0.374. The molecule has 0 N–H and O–H groups in total. The summed E-state index contributed by atoms with van der Waals surface area (Å²) in [5, 5.41) is 10.4. The molecular formula is C12H9N3O2. The maximum atomic E-state index is 9.86. The van der Waals surface area contributed by atoms with Gasteiger partial charge in [-0.2, -0.15) is 10.2 Å². The highest BCUT2D eigenvalue weighted by molar-refractivity contribution is 5.42. The van der Waals surface area contributed by atoms with Gasteiger partial charge in [-0.3, -0.25) is 0 Å². The summed E-state index contributed by atoms with van der Waals surface area (Å²) in [7, 11) is 0. The van der Waals surface area contributed by atoms with Crippen LogP contribution in [0.5, 0.6) is 5.75 Å². The molecule has 0 aromatic heterocycles. The highest BCUT2D eigenvalue weighted by atomic mass is 16.7. The van der Waals surface area contributed by atoms with E-state index < -0.39 is 0 Å². The molecule has 2 rings (SSSR count). The van der Waals surface area contributed by atoms with E-state index in [1.54, 1.807) is 24.3 Å². The fourth-order valence-electron chi connectivity index (χ4n) is 1.23. The first-order valence-corrected chi connectivity index (χ1v) is 4.95. The lowest BCUT2D eigenvalue weighted by Gasteiger charge is -1.95. The summed E-state index contributed by atoms with van der Waals surface area (Å²) < 4.78 is 0. The number of azo groups is 1. The van der Waals surface area contributed by atoms with Crippen LogP contribution in [-0.2, 0) is 0 Å². The van der Waals surface area contributed by atoms with Crippen molar-refractivity contribution in [3.05, 3.63) is 59.5 Å². The minimum absolute atomic E-state index is 0.374. The normalized spacial score (nSPS) is 10.4. The van der Waals surface area contributed by atoms with Gasteiger partial charge >= 0.3 is 0 Å². The summed E-state index contributed by atoms with van der Waals surface area (Å²) in [4.78, 5) is 14.3. The molecule has 0 unspecified atom stereocenters. The second-order valence-electron chi connectivity index (χ2n) is 3.20. The molecule has 0 bridgehead atoms. The lowest BCUT2D eigenvalue weighted by molar-refractivity contribution is 0.335. The predicted octanol–water partition coefficient (Wildman–Crippen LogP) is 4.16. The maximum Gasteiger partial charge on any atom is 0.161 e. The molecule has 0 aliphatic rings. The van der Waals surface area contributed by atoms with E-state index in [0.29, 0.717) is 11.4 Å². The molecule has 0 spiro atoms. The van der Waals surface area contributed by atoms with Crippen LogP contribution in [0, 0.1) is 4.91 Å². The Morgan fingerprint density at radius 1 is 0.765 bits per heavy atom. The Hall–Kier alpha value is -2.56. The topological polar surface area (TPSA) is 63.4 Å². The molecule has 5 nitrogen and oxygen atoms in total. The Balaban J connectivity index is 2.08. The van der Waals surface area contributed by atoms with E-state index in [1.807, 2.05) is 30.3 Å². The molecule has 0 atom stereocenters. The molecule has 0 fully saturated rings. The second-order valence-corrected chi connectivity index (χ2v) is 3.20. The lowest BCUT2D eigenvalue weighted by atomic mass is 10.3. The Bertz CT molecular complexity index is 509. The van der Waals surface area contributed by atoms with Gasteiger partial charge in [0, 0.05) is 0 Å². The van der Waals surface area contributed by atoms with Crippen LogP contribution in [0.4, 0.5) is 11.4 Å². The lowest BCUT2D eigenvalue weighted by Crippen LogP contribution is -1.77. The summed E-state index contributed by atoms with van der Waals surface area (Å²) >= 11 is 0. The molecule has 0 heterocycles. The fraction of sp³-hybridized carbons (Fsp3) is 0. The zero-order chi connectivity index (χ0) is 11.9. The quantitative estimate of drug-likeness (QED) is 0.447. The number of hydrogen-bond acceptors (Lipinski definition) is 5. The van der Waals surface area contributed by atoms with Gasteiger partial charge < -0.3 is 4.84 Å². The van der Waals surface area contributed by atoms with Gasteiger partial charge in [-0.05, 0) is 36.4 Å². The smallest absolute Gasteiger partial charge is 0.161 e. The van der Waals surface area contributed by atoms with Crippen LogP contribution in [0.1, 0.15) is 0 Å². The van der Waals surface area contributed by atoms with Crippen LogP contribution in [0.3, 0.4) is 0 Å². The van der Waals surface area contributed by atoms with Crippen LogP contribution >= 0.6 is 0 Å². The molecular weight excluding hydrogens is 218 g/mol. The molecule has 0 saturated heterocycles. The van der Waals surface area contributed by atoms with E-state index in [0.717, 1.165) is 5.69 Å². The SMILES string of the molecule is O=NOc1ccc(/N=N/c2ccccc2)cc1. The fourth-order valence-corrected chi connectivity index (χ4v) is 1.23. The van der Waals surface area contributed by atoms with Crippen LogP contribution in [0.15, 0.2) is 70.2 Å². The Labute approximate surface area is 97.7 Å². The maximum absolute atomic E-state index is 9.86. The molecule has 17 heavy (non-hydrogen) atoms. The van der Waals surface area contributed by atoms with Gasteiger partial charge in [0.2, 0.25) is 0 Å². The molecule has 5 heteroatoms. The van der Waals surface area contributed by atoms with Gasteiger partial charge in [0.15, 0.2) is 11.1 Å². The van der Waals surface area contributed by atoms with Crippen molar-refractivity contribution >= 4 is 11.4 Å². The van der Waals surface area contributed by atoms with Gasteiger partial charge in [0.1, 0.15) is 0 Å². The van der Waals surface area contributed by atoms with E-state index in [2.05, 4.69) is 20.4 Å². The van der Waals surface area contributed by atoms with Crippen molar-refractivity contribution < 1.29 is 4.84 Å². The first-order chi connectivity index (χ1) is 8.38. The van der Waals surface area contributed by atoms with Crippen LogP contribution in [0.25, 0.3) is 0 Å². The minimum Gasteiger partial charge on any atom is -0.324 e. The summed E-state index contributed by atoms with van der Waals surface area (Å²) in [5.41, 5.74) is 1.45. The zero-order valence-electron chi connectivity index (χ0n) is 8.85. The first-order valence-electron chi connectivity index (χ1n) is 4.95. The Kier molecular flexibility index (Phi) is 3.54. The van der Waals surface area contributed by atoms with Gasteiger partial charge in [-0.15, -0.1) is 4.91 Å². The molecule has 0 radical (unpaired) electrons. The summed E-state index contributed by atoms with van der Waals surface area (Å²) in [5.74, 6) is 0.374. The van der Waals surface area contributed by atoms with Gasteiger partial charge in [-0.1, -0.05) is 18.2 Å². The van der Waals surface area contributed by atoms with Crippen LogP contribution in [0.2, 0.25) is 0 Å². The number of benzene rings is 2. The van der Waals surface area contributed by atoms with Crippen molar-refractivity contribution in [2.45, 2.75) is 0 Å². The van der Waals surface area contributed by atoms with E-state index in [4.69, 9.17) is 0 Å². The van der Waals surface area contributed by atoms with Crippen molar-refractivity contribution in [1.82, 2.24) is 0 Å². The highest BCUT2D eigenvalue weighted by Crippen LogP contribution is 2.20. The third kappa shape index (κ3) is 3.20. The zero-order valence-corrected chi connectivity index (χ0v) is 8.85. The van der Waals surface area contributed by atoms with E-state index >= 15 is 0 Å². The molecule has 2 aromatic carbocycles. The number of hydrogen-bond donors (Lipinski definition) is 0. The molecule has 84 valence electrons. The molecule has 0 amide bonds. The Morgan fingerprint density at radius 3 is 1.94 bits per heavy atom. The number of nitrogens with zero attached hydrogens (tertiary/aromatic N) is 3.